The molecule has 1 aliphatic rings. The molecule has 2 amide bonds. The van der Waals surface area contributed by atoms with Gasteiger partial charge in [0.1, 0.15) is 0 Å². The fourth-order valence-corrected chi connectivity index (χ4v) is 3.67. The van der Waals surface area contributed by atoms with Gasteiger partial charge in [0.2, 0.25) is 0 Å². The molecule has 0 radical (unpaired) electrons. The number of fused-ring (bicyclic) bond motifs is 1. The Balaban J connectivity index is 1.42. The van der Waals surface area contributed by atoms with Gasteiger partial charge >= 0.3 is 6.03 Å². The molecule has 0 aromatic heterocycles. The molecule has 1 aliphatic heterocycles. The molecular weight excluding hydrogens is 308 g/mol. The first kappa shape index (κ1) is 15.7. The third-order valence-corrected chi connectivity index (χ3v) is 5.08. The van der Waals surface area contributed by atoms with E-state index < -0.39 is 0 Å². The molecule has 4 rings (SSSR count). The highest BCUT2D eigenvalue weighted by atomic mass is 16.2. The van der Waals surface area contributed by atoms with Crippen molar-refractivity contribution in [3.8, 4) is 0 Å². The van der Waals surface area contributed by atoms with Gasteiger partial charge in [-0.1, -0.05) is 66.7 Å². The van der Waals surface area contributed by atoms with E-state index in [0.717, 1.165) is 42.4 Å². The van der Waals surface area contributed by atoms with Crippen molar-refractivity contribution in [2.75, 3.05) is 18.4 Å². The number of hydrogen-bond acceptors (Lipinski definition) is 1. The third-order valence-electron chi connectivity index (χ3n) is 5.08. The second-order valence-electron chi connectivity index (χ2n) is 6.63. The van der Waals surface area contributed by atoms with Crippen molar-refractivity contribution in [2.24, 2.45) is 0 Å². The van der Waals surface area contributed by atoms with Crippen LogP contribution in [0.1, 0.15) is 24.3 Å². The summed E-state index contributed by atoms with van der Waals surface area (Å²) in [6, 6.07) is 24.8. The Morgan fingerprint density at radius 1 is 0.840 bits per heavy atom. The molecule has 3 nitrogen and oxygen atoms in total. The number of nitrogens with one attached hydrogen (secondary N) is 1. The van der Waals surface area contributed by atoms with Gasteiger partial charge in [-0.05, 0) is 35.8 Å². The minimum atomic E-state index is 0.00265. The second-order valence-corrected chi connectivity index (χ2v) is 6.63. The molecule has 25 heavy (non-hydrogen) atoms. The summed E-state index contributed by atoms with van der Waals surface area (Å²) in [5, 5.41) is 5.32. The summed E-state index contributed by atoms with van der Waals surface area (Å²) >= 11 is 0. The lowest BCUT2D eigenvalue weighted by atomic mass is 9.90. The van der Waals surface area contributed by atoms with Crippen LogP contribution in [0.15, 0.2) is 72.8 Å². The van der Waals surface area contributed by atoms with E-state index in [0.29, 0.717) is 5.92 Å². The van der Waals surface area contributed by atoms with E-state index in [1.165, 1.54) is 5.56 Å². The lowest BCUT2D eigenvalue weighted by molar-refractivity contribution is 0.194. The largest absolute Gasteiger partial charge is 0.324 e. The van der Waals surface area contributed by atoms with Crippen molar-refractivity contribution in [1.29, 1.82) is 0 Å². The van der Waals surface area contributed by atoms with Crippen LogP contribution in [0.3, 0.4) is 0 Å². The number of piperidine rings is 1. The van der Waals surface area contributed by atoms with E-state index in [-0.39, 0.29) is 6.03 Å². The summed E-state index contributed by atoms with van der Waals surface area (Å²) in [5.74, 6) is 0.558. The molecule has 0 bridgehead atoms. The Labute approximate surface area is 148 Å². The maximum Gasteiger partial charge on any atom is 0.321 e. The van der Waals surface area contributed by atoms with Crippen LogP contribution in [0.4, 0.5) is 10.5 Å². The predicted octanol–water partition coefficient (Wildman–Crippen LogP) is 5.25. The zero-order valence-electron chi connectivity index (χ0n) is 14.2. The van der Waals surface area contributed by atoms with Crippen molar-refractivity contribution >= 4 is 22.5 Å². The van der Waals surface area contributed by atoms with Crippen LogP contribution in [0.2, 0.25) is 0 Å². The number of likely N-dealkylation sites (tertiary alicyclic amines) is 1. The SMILES string of the molecule is O=C(Nc1cccc2ccccc12)N1CCC(c2ccccc2)CC1. The fraction of sp³-hybridized carbons (Fsp3) is 0.227. The standard InChI is InChI=1S/C22H22N2O/c25-22(23-21-12-6-10-19-9-4-5-11-20(19)21)24-15-13-18(14-16-24)17-7-2-1-3-8-17/h1-12,18H,13-16H2,(H,23,25). The first-order chi connectivity index (χ1) is 12.3. The zero-order chi connectivity index (χ0) is 17.1. The lowest BCUT2D eigenvalue weighted by Crippen LogP contribution is -2.40. The van der Waals surface area contributed by atoms with E-state index in [1.807, 2.05) is 35.2 Å². The van der Waals surface area contributed by atoms with Gasteiger partial charge in [-0.3, -0.25) is 0 Å². The predicted molar refractivity (Wildman–Crippen MR) is 103 cm³/mol. The molecule has 0 unspecified atom stereocenters. The molecular formula is C22H22N2O. The minimum absolute atomic E-state index is 0.00265. The number of urea groups is 1. The molecule has 1 N–H and O–H groups in total. The summed E-state index contributed by atoms with van der Waals surface area (Å²) in [7, 11) is 0. The average molecular weight is 330 g/mol. The van der Waals surface area contributed by atoms with Gasteiger partial charge in [0, 0.05) is 18.5 Å². The van der Waals surface area contributed by atoms with E-state index in [1.54, 1.807) is 0 Å². The Bertz CT molecular complexity index is 862. The maximum atomic E-state index is 12.7. The molecule has 0 saturated carbocycles. The summed E-state index contributed by atoms with van der Waals surface area (Å²) < 4.78 is 0. The fourth-order valence-electron chi connectivity index (χ4n) is 3.67. The summed E-state index contributed by atoms with van der Waals surface area (Å²) in [4.78, 5) is 14.6. The first-order valence-corrected chi connectivity index (χ1v) is 8.90. The molecule has 3 aromatic rings. The van der Waals surface area contributed by atoms with Crippen LogP contribution >= 0.6 is 0 Å². The van der Waals surface area contributed by atoms with Crippen molar-refractivity contribution in [2.45, 2.75) is 18.8 Å². The molecule has 1 fully saturated rings. The average Bonchev–Trinajstić information content (AvgIpc) is 2.69. The molecule has 3 aromatic carbocycles. The molecule has 1 heterocycles. The van der Waals surface area contributed by atoms with E-state index in [2.05, 4.69) is 47.8 Å². The quantitative estimate of drug-likeness (QED) is 0.684. The monoisotopic (exact) mass is 330 g/mol. The number of carbonyl (C=O) groups is 1. The molecule has 1 saturated heterocycles. The molecule has 0 aliphatic carbocycles. The number of nitrogens with zero attached hydrogens (tertiary/aromatic N) is 1. The highest BCUT2D eigenvalue weighted by Crippen LogP contribution is 2.29. The lowest BCUT2D eigenvalue weighted by Gasteiger charge is -2.32. The maximum absolute atomic E-state index is 12.7. The normalized spacial score (nSPS) is 15.3. The zero-order valence-corrected chi connectivity index (χ0v) is 14.2. The highest BCUT2D eigenvalue weighted by Gasteiger charge is 2.23. The van der Waals surface area contributed by atoms with E-state index in [4.69, 9.17) is 0 Å². The molecule has 3 heteroatoms. The molecule has 0 atom stereocenters. The third kappa shape index (κ3) is 3.36. The highest BCUT2D eigenvalue weighted by molar-refractivity contribution is 6.01. The minimum Gasteiger partial charge on any atom is -0.324 e. The molecule has 0 spiro atoms. The van der Waals surface area contributed by atoms with E-state index in [9.17, 15) is 4.79 Å². The first-order valence-electron chi connectivity index (χ1n) is 8.90. The van der Waals surface area contributed by atoms with Gasteiger partial charge in [0.15, 0.2) is 0 Å². The second kappa shape index (κ2) is 6.98. The topological polar surface area (TPSA) is 32.3 Å². The van der Waals surface area contributed by atoms with Crippen LogP contribution in [0, 0.1) is 0 Å². The Hall–Kier alpha value is -2.81. The van der Waals surface area contributed by atoms with Crippen LogP contribution in [0.25, 0.3) is 10.8 Å². The van der Waals surface area contributed by atoms with Gasteiger partial charge in [-0.15, -0.1) is 0 Å². The number of carbonyl (C=O) groups excluding carboxylic acids is 1. The number of rotatable bonds is 2. The summed E-state index contributed by atoms with van der Waals surface area (Å²) in [6.07, 6.45) is 2.04. The van der Waals surface area contributed by atoms with Gasteiger partial charge in [0.25, 0.3) is 0 Å². The van der Waals surface area contributed by atoms with Gasteiger partial charge < -0.3 is 10.2 Å². The Morgan fingerprint density at radius 3 is 2.32 bits per heavy atom. The van der Waals surface area contributed by atoms with Crippen LogP contribution in [0.5, 0.6) is 0 Å². The number of amides is 2. The van der Waals surface area contributed by atoms with Crippen molar-refractivity contribution in [3.05, 3.63) is 78.4 Å². The summed E-state index contributed by atoms with van der Waals surface area (Å²) in [5.41, 5.74) is 2.27. The van der Waals surface area contributed by atoms with E-state index >= 15 is 0 Å². The van der Waals surface area contributed by atoms with Gasteiger partial charge in [-0.25, -0.2) is 4.79 Å². The number of hydrogen-bond donors (Lipinski definition) is 1. The van der Waals surface area contributed by atoms with Gasteiger partial charge in [-0.2, -0.15) is 0 Å². The number of anilines is 1. The van der Waals surface area contributed by atoms with Crippen LogP contribution in [-0.4, -0.2) is 24.0 Å². The van der Waals surface area contributed by atoms with Crippen molar-refractivity contribution in [1.82, 2.24) is 4.90 Å². The summed E-state index contributed by atoms with van der Waals surface area (Å²) in [6.45, 7) is 1.60. The molecule has 126 valence electrons. The van der Waals surface area contributed by atoms with Crippen molar-refractivity contribution < 1.29 is 4.79 Å². The number of benzene rings is 3. The smallest absolute Gasteiger partial charge is 0.321 e. The van der Waals surface area contributed by atoms with Crippen LogP contribution < -0.4 is 5.32 Å². The Morgan fingerprint density at radius 2 is 1.52 bits per heavy atom. The van der Waals surface area contributed by atoms with Crippen molar-refractivity contribution in [3.63, 3.8) is 0 Å². The van der Waals surface area contributed by atoms with Gasteiger partial charge in [0.05, 0.1) is 5.69 Å². The Kier molecular flexibility index (Phi) is 4.38. The van der Waals surface area contributed by atoms with Crippen LogP contribution in [-0.2, 0) is 0 Å².